The van der Waals surface area contributed by atoms with E-state index in [2.05, 4.69) is 27.3 Å². The van der Waals surface area contributed by atoms with Crippen LogP contribution >= 0.6 is 39.1 Å². The molecule has 0 spiro atoms. The van der Waals surface area contributed by atoms with Gasteiger partial charge in [-0.3, -0.25) is 0 Å². The van der Waals surface area contributed by atoms with E-state index in [0.29, 0.717) is 35.1 Å². The largest absolute Gasteiger partial charge is 0.490 e. The summed E-state index contributed by atoms with van der Waals surface area (Å²) >= 11 is 15.8. The zero-order valence-electron chi connectivity index (χ0n) is 16.8. The van der Waals surface area contributed by atoms with Gasteiger partial charge in [0.25, 0.3) is 0 Å². The lowest BCUT2D eigenvalue weighted by Crippen LogP contribution is -2.28. The fraction of sp³-hybridized carbons (Fsp3) is 0.478. The Kier molecular flexibility index (Phi) is 8.98. The number of benzene rings is 2. The molecule has 0 aromatic heterocycles. The molecule has 158 valence electrons. The molecule has 6 heteroatoms. The predicted octanol–water partition coefficient (Wildman–Crippen LogP) is 7.55. The van der Waals surface area contributed by atoms with E-state index in [1.165, 1.54) is 44.1 Å². The summed E-state index contributed by atoms with van der Waals surface area (Å²) in [6.45, 7) is 3.77. The molecule has 0 heterocycles. The normalized spacial score (nSPS) is 15.2. The zero-order valence-corrected chi connectivity index (χ0v) is 19.9. The Morgan fingerprint density at radius 3 is 2.38 bits per heavy atom. The SMILES string of the molecule is CCOc1cc(CNC2CCCCCC2)c(Br)cc1OCc1ccc(Cl)c(Cl)c1. The minimum Gasteiger partial charge on any atom is -0.490 e. The molecule has 0 unspecified atom stereocenters. The molecule has 1 N–H and O–H groups in total. The van der Waals surface area contributed by atoms with Crippen molar-refractivity contribution in [1.82, 2.24) is 5.32 Å². The minimum atomic E-state index is 0.392. The van der Waals surface area contributed by atoms with Crippen molar-refractivity contribution in [1.29, 1.82) is 0 Å². The summed E-state index contributed by atoms with van der Waals surface area (Å²) in [5, 5.41) is 4.79. The van der Waals surface area contributed by atoms with Crippen molar-refractivity contribution >= 4 is 39.1 Å². The van der Waals surface area contributed by atoms with E-state index in [1.54, 1.807) is 6.07 Å². The molecule has 1 fully saturated rings. The third-order valence-electron chi connectivity index (χ3n) is 5.23. The molecule has 1 saturated carbocycles. The van der Waals surface area contributed by atoms with Gasteiger partial charge in [0.1, 0.15) is 6.61 Å². The molecule has 2 aromatic carbocycles. The van der Waals surface area contributed by atoms with Gasteiger partial charge in [-0.05, 0) is 55.2 Å². The van der Waals surface area contributed by atoms with Crippen LogP contribution in [0.3, 0.4) is 0 Å². The molecule has 0 saturated heterocycles. The van der Waals surface area contributed by atoms with Crippen LogP contribution in [-0.2, 0) is 13.2 Å². The number of halogens is 3. The van der Waals surface area contributed by atoms with E-state index in [-0.39, 0.29) is 0 Å². The van der Waals surface area contributed by atoms with Crippen LogP contribution in [-0.4, -0.2) is 12.6 Å². The molecule has 2 aromatic rings. The van der Waals surface area contributed by atoms with Crippen molar-refractivity contribution in [2.45, 2.75) is 64.6 Å². The van der Waals surface area contributed by atoms with E-state index < -0.39 is 0 Å². The van der Waals surface area contributed by atoms with Gasteiger partial charge in [-0.15, -0.1) is 0 Å². The molecule has 1 aliphatic rings. The van der Waals surface area contributed by atoms with Crippen LogP contribution in [0.2, 0.25) is 10.0 Å². The summed E-state index contributed by atoms with van der Waals surface area (Å²) < 4.78 is 12.9. The zero-order chi connectivity index (χ0) is 20.6. The highest BCUT2D eigenvalue weighted by molar-refractivity contribution is 9.10. The van der Waals surface area contributed by atoms with Gasteiger partial charge in [-0.1, -0.05) is 70.9 Å². The smallest absolute Gasteiger partial charge is 0.162 e. The number of rotatable bonds is 8. The monoisotopic (exact) mass is 499 g/mol. The standard InChI is InChI=1S/C23H28BrCl2NO2/c1-2-28-22-12-17(14-27-18-7-5-3-4-6-8-18)19(24)13-23(22)29-15-16-9-10-20(25)21(26)11-16/h9-13,18,27H,2-8,14-15H2,1H3. The topological polar surface area (TPSA) is 30.5 Å². The number of ether oxygens (including phenoxy) is 2. The summed E-state index contributed by atoms with van der Waals surface area (Å²) in [7, 11) is 0. The van der Waals surface area contributed by atoms with Gasteiger partial charge in [-0.25, -0.2) is 0 Å². The average Bonchev–Trinajstić information content (AvgIpc) is 2.98. The molecular weight excluding hydrogens is 473 g/mol. The fourth-order valence-corrected chi connectivity index (χ4v) is 4.41. The number of hydrogen-bond acceptors (Lipinski definition) is 3. The number of hydrogen-bond donors (Lipinski definition) is 1. The van der Waals surface area contributed by atoms with Crippen LogP contribution in [0.25, 0.3) is 0 Å². The Labute approximate surface area is 192 Å². The van der Waals surface area contributed by atoms with E-state index in [0.717, 1.165) is 22.3 Å². The molecule has 1 aliphatic carbocycles. The van der Waals surface area contributed by atoms with Crippen LogP contribution in [0.5, 0.6) is 11.5 Å². The van der Waals surface area contributed by atoms with Crippen LogP contribution in [0.15, 0.2) is 34.8 Å². The highest BCUT2D eigenvalue weighted by Crippen LogP contribution is 2.35. The molecular formula is C23H28BrCl2NO2. The third-order valence-corrected chi connectivity index (χ3v) is 6.70. The molecule has 3 rings (SSSR count). The van der Waals surface area contributed by atoms with Crippen LogP contribution in [0.4, 0.5) is 0 Å². The maximum absolute atomic E-state index is 6.10. The van der Waals surface area contributed by atoms with E-state index in [4.69, 9.17) is 32.7 Å². The minimum absolute atomic E-state index is 0.392. The molecule has 0 aliphatic heterocycles. The maximum Gasteiger partial charge on any atom is 0.162 e. The maximum atomic E-state index is 6.10. The van der Waals surface area contributed by atoms with E-state index >= 15 is 0 Å². The molecule has 0 bridgehead atoms. The van der Waals surface area contributed by atoms with Gasteiger partial charge < -0.3 is 14.8 Å². The highest BCUT2D eigenvalue weighted by Gasteiger charge is 2.15. The van der Waals surface area contributed by atoms with Crippen molar-refractivity contribution in [3.05, 3.63) is 56.0 Å². The van der Waals surface area contributed by atoms with Gasteiger partial charge >= 0.3 is 0 Å². The lowest BCUT2D eigenvalue weighted by atomic mass is 10.1. The van der Waals surface area contributed by atoms with Gasteiger partial charge in [0.05, 0.1) is 16.7 Å². The van der Waals surface area contributed by atoms with Crippen molar-refractivity contribution < 1.29 is 9.47 Å². The quantitative estimate of drug-likeness (QED) is 0.379. The second-order valence-corrected chi connectivity index (χ2v) is 9.10. The molecule has 29 heavy (non-hydrogen) atoms. The fourth-order valence-electron chi connectivity index (χ4n) is 3.62. The number of nitrogens with one attached hydrogen (secondary N) is 1. The van der Waals surface area contributed by atoms with Gasteiger partial charge in [0, 0.05) is 17.1 Å². The van der Waals surface area contributed by atoms with E-state index in [1.807, 2.05) is 25.1 Å². The Morgan fingerprint density at radius 2 is 1.69 bits per heavy atom. The third kappa shape index (κ3) is 6.78. The lowest BCUT2D eigenvalue weighted by molar-refractivity contribution is 0.268. The van der Waals surface area contributed by atoms with Gasteiger partial charge in [0.15, 0.2) is 11.5 Å². The summed E-state index contributed by atoms with van der Waals surface area (Å²) in [5.74, 6) is 1.47. The Bertz CT molecular complexity index is 808. The molecule has 0 amide bonds. The Hall–Kier alpha value is -0.940. The van der Waals surface area contributed by atoms with Crippen LogP contribution < -0.4 is 14.8 Å². The van der Waals surface area contributed by atoms with Crippen molar-refractivity contribution in [3.8, 4) is 11.5 Å². The first kappa shape index (κ1) is 22.7. The second-order valence-electron chi connectivity index (χ2n) is 7.43. The van der Waals surface area contributed by atoms with E-state index in [9.17, 15) is 0 Å². The summed E-state index contributed by atoms with van der Waals surface area (Å²) in [6, 6.07) is 10.2. The van der Waals surface area contributed by atoms with Crippen molar-refractivity contribution in [2.24, 2.45) is 0 Å². The first-order valence-electron chi connectivity index (χ1n) is 10.3. The highest BCUT2D eigenvalue weighted by atomic mass is 79.9. The summed E-state index contributed by atoms with van der Waals surface area (Å²) in [6.07, 6.45) is 7.90. The first-order chi connectivity index (χ1) is 14.1. The van der Waals surface area contributed by atoms with Crippen LogP contribution in [0.1, 0.15) is 56.6 Å². The predicted molar refractivity (Wildman–Crippen MR) is 124 cm³/mol. The van der Waals surface area contributed by atoms with Crippen LogP contribution in [0, 0.1) is 0 Å². The Morgan fingerprint density at radius 1 is 0.966 bits per heavy atom. The molecule has 0 atom stereocenters. The van der Waals surface area contributed by atoms with Gasteiger partial charge in [0.2, 0.25) is 0 Å². The average molecular weight is 501 g/mol. The van der Waals surface area contributed by atoms with Crippen molar-refractivity contribution in [2.75, 3.05) is 6.61 Å². The van der Waals surface area contributed by atoms with Crippen molar-refractivity contribution in [3.63, 3.8) is 0 Å². The van der Waals surface area contributed by atoms with Gasteiger partial charge in [-0.2, -0.15) is 0 Å². The second kappa shape index (κ2) is 11.5. The summed E-state index contributed by atoms with van der Waals surface area (Å²) in [5.41, 5.74) is 2.14. The Balaban J connectivity index is 1.68. The molecule has 3 nitrogen and oxygen atoms in total. The molecule has 0 radical (unpaired) electrons. The first-order valence-corrected chi connectivity index (χ1v) is 11.9. The summed E-state index contributed by atoms with van der Waals surface area (Å²) in [4.78, 5) is 0. The lowest BCUT2D eigenvalue weighted by Gasteiger charge is -2.19.